The highest BCUT2D eigenvalue weighted by atomic mass is 35.5. The maximum atomic E-state index is 13.2. The first kappa shape index (κ1) is 28.7. The summed E-state index contributed by atoms with van der Waals surface area (Å²) in [7, 11) is 0.349. The third kappa shape index (κ3) is 7.07. The van der Waals surface area contributed by atoms with Crippen LogP contribution in [-0.2, 0) is 29.6 Å². The van der Waals surface area contributed by atoms with Gasteiger partial charge in [0.15, 0.2) is 0 Å². The normalized spacial score (nSPS) is 16.9. The number of fused-ring (bicyclic) bond motifs is 1. The minimum absolute atomic E-state index is 0.183. The first-order valence-corrected chi connectivity index (χ1v) is 15.6. The first-order chi connectivity index (χ1) is 19.2. The number of likely N-dealkylation sites (N-methyl/N-ethyl adjacent to an activating group) is 1. The molecular weight excluding hydrogens is 548 g/mol. The predicted octanol–water partition coefficient (Wildman–Crippen LogP) is 5.13. The van der Waals surface area contributed by atoms with Gasteiger partial charge < -0.3 is 19.3 Å². The van der Waals surface area contributed by atoms with Crippen LogP contribution < -0.4 is 14.2 Å². The van der Waals surface area contributed by atoms with Crippen LogP contribution in [0.3, 0.4) is 0 Å². The lowest BCUT2D eigenvalue weighted by atomic mass is 9.98. The Labute approximate surface area is 242 Å². The van der Waals surface area contributed by atoms with Gasteiger partial charge in [-0.15, -0.1) is 0 Å². The molecule has 0 saturated carbocycles. The smallest absolute Gasteiger partial charge is 0.262 e. The maximum Gasteiger partial charge on any atom is 0.262 e. The zero-order valence-electron chi connectivity index (χ0n) is 23.3. The fraction of sp³-hybridized carbons (Fsp3) is 0.433. The van der Waals surface area contributed by atoms with Crippen molar-refractivity contribution in [2.45, 2.75) is 44.2 Å². The number of benzene rings is 2. The molecule has 2 aliphatic rings. The second-order valence-corrected chi connectivity index (χ2v) is 13.1. The van der Waals surface area contributed by atoms with Gasteiger partial charge in [0.1, 0.15) is 18.0 Å². The summed E-state index contributed by atoms with van der Waals surface area (Å²) in [5, 5.41) is 0.555. The van der Waals surface area contributed by atoms with Crippen LogP contribution in [0.15, 0.2) is 53.4 Å². The fourth-order valence-corrected chi connectivity index (χ4v) is 6.25. The number of pyridine rings is 1. The van der Waals surface area contributed by atoms with Gasteiger partial charge in [0.05, 0.1) is 22.2 Å². The Morgan fingerprint density at radius 3 is 2.50 bits per heavy atom. The lowest BCUT2D eigenvalue weighted by Crippen LogP contribution is -2.32. The van der Waals surface area contributed by atoms with Gasteiger partial charge in [-0.3, -0.25) is 4.72 Å². The number of rotatable bonds is 9. The van der Waals surface area contributed by atoms with Gasteiger partial charge in [-0.2, -0.15) is 0 Å². The van der Waals surface area contributed by atoms with Crippen molar-refractivity contribution in [1.29, 1.82) is 0 Å². The van der Waals surface area contributed by atoms with E-state index < -0.39 is 10.0 Å². The van der Waals surface area contributed by atoms with E-state index in [1.807, 2.05) is 32.2 Å². The molecule has 2 aromatic carbocycles. The van der Waals surface area contributed by atoms with E-state index in [9.17, 15) is 8.42 Å². The van der Waals surface area contributed by atoms with Crippen LogP contribution in [0.2, 0.25) is 5.02 Å². The van der Waals surface area contributed by atoms with Gasteiger partial charge in [-0.1, -0.05) is 35.4 Å². The van der Waals surface area contributed by atoms with Crippen LogP contribution in [-0.4, -0.2) is 63.5 Å². The molecule has 3 aromatic rings. The van der Waals surface area contributed by atoms with Crippen LogP contribution in [0.5, 0.6) is 11.6 Å². The zero-order valence-corrected chi connectivity index (χ0v) is 24.9. The number of nitrogens with zero attached hydrogens (tertiary/aromatic N) is 3. The van der Waals surface area contributed by atoms with Gasteiger partial charge >= 0.3 is 0 Å². The SMILES string of the molecule is Cc1ccc(S(=O)(=O)Nc2cc3c(nc2OCc2ccc(Cl)c(OCC4CCN(C)CC4)c2)CCN(C)C3)cc1. The van der Waals surface area contributed by atoms with Crippen molar-refractivity contribution in [3.8, 4) is 11.6 Å². The molecule has 2 aliphatic heterocycles. The van der Waals surface area contributed by atoms with Crippen LogP contribution in [0.4, 0.5) is 5.69 Å². The molecule has 3 heterocycles. The highest BCUT2D eigenvalue weighted by Crippen LogP contribution is 2.32. The number of aryl methyl sites for hydroxylation is 1. The van der Waals surface area contributed by atoms with Crippen molar-refractivity contribution in [2.24, 2.45) is 5.92 Å². The molecule has 8 nitrogen and oxygen atoms in total. The van der Waals surface area contributed by atoms with Gasteiger partial charge in [0.25, 0.3) is 10.0 Å². The molecule has 0 atom stereocenters. The Kier molecular flexibility index (Phi) is 8.85. The molecule has 5 rings (SSSR count). The third-order valence-electron chi connectivity index (χ3n) is 7.59. The number of ether oxygens (including phenoxy) is 2. The predicted molar refractivity (Wildman–Crippen MR) is 158 cm³/mol. The third-order valence-corrected chi connectivity index (χ3v) is 9.28. The number of nitrogens with one attached hydrogen (secondary N) is 1. The second-order valence-electron chi connectivity index (χ2n) is 11.0. The van der Waals surface area contributed by atoms with Gasteiger partial charge in [0.2, 0.25) is 5.88 Å². The van der Waals surface area contributed by atoms with Crippen LogP contribution in [0.1, 0.15) is 35.2 Å². The Morgan fingerprint density at radius 2 is 1.75 bits per heavy atom. The van der Waals surface area contributed by atoms with Crippen molar-refractivity contribution in [1.82, 2.24) is 14.8 Å². The summed E-state index contributed by atoms with van der Waals surface area (Å²) >= 11 is 6.44. The summed E-state index contributed by atoms with van der Waals surface area (Å²) in [5.74, 6) is 1.39. The average Bonchev–Trinajstić information content (AvgIpc) is 2.93. The van der Waals surface area contributed by atoms with E-state index in [1.165, 1.54) is 0 Å². The van der Waals surface area contributed by atoms with Crippen LogP contribution in [0.25, 0.3) is 0 Å². The average molecular weight is 585 g/mol. The van der Waals surface area contributed by atoms with Crippen LogP contribution >= 0.6 is 11.6 Å². The first-order valence-electron chi connectivity index (χ1n) is 13.7. The lowest BCUT2D eigenvalue weighted by molar-refractivity contribution is 0.160. The number of sulfonamides is 1. The van der Waals surface area contributed by atoms with Gasteiger partial charge in [-0.05, 0) is 94.3 Å². The summed E-state index contributed by atoms with van der Waals surface area (Å²) in [6.45, 7) is 6.46. The molecule has 1 aromatic heterocycles. The van der Waals surface area contributed by atoms with Gasteiger partial charge in [-0.25, -0.2) is 13.4 Å². The number of likely N-dealkylation sites (tertiary alicyclic amines) is 1. The number of aromatic nitrogens is 1. The standard InChI is InChI=1S/C30H37ClN4O4S/c1-21-4-7-25(8-5-21)40(36,37)33-28-17-24-18-35(3)15-12-27(24)32-30(28)39-20-23-6-9-26(31)29(16-23)38-19-22-10-13-34(2)14-11-22/h4-9,16-17,22,33H,10-15,18-20H2,1-3H3. The topological polar surface area (TPSA) is 84.0 Å². The molecule has 40 heavy (non-hydrogen) atoms. The number of piperidine rings is 1. The molecule has 1 fully saturated rings. The summed E-state index contributed by atoms with van der Waals surface area (Å²) < 4.78 is 41.5. The molecule has 10 heteroatoms. The van der Waals surface area contributed by atoms with Crippen molar-refractivity contribution < 1.29 is 17.9 Å². The van der Waals surface area contributed by atoms with E-state index in [0.29, 0.717) is 35.5 Å². The Bertz CT molecular complexity index is 1440. The minimum atomic E-state index is -3.83. The summed E-state index contributed by atoms with van der Waals surface area (Å²) in [6, 6.07) is 14.2. The zero-order chi connectivity index (χ0) is 28.3. The van der Waals surface area contributed by atoms with E-state index in [4.69, 9.17) is 26.1 Å². The molecule has 0 radical (unpaired) electrons. The highest BCUT2D eigenvalue weighted by Gasteiger charge is 2.23. The molecule has 1 saturated heterocycles. The number of hydrogen-bond donors (Lipinski definition) is 1. The van der Waals surface area contributed by atoms with Crippen molar-refractivity contribution in [2.75, 3.05) is 45.1 Å². The number of hydrogen-bond acceptors (Lipinski definition) is 7. The Morgan fingerprint density at radius 1 is 1.00 bits per heavy atom. The van der Waals surface area contributed by atoms with E-state index in [1.54, 1.807) is 30.3 Å². The largest absolute Gasteiger partial charge is 0.492 e. The summed E-state index contributed by atoms with van der Waals surface area (Å²) in [6.07, 6.45) is 2.99. The molecule has 1 N–H and O–H groups in total. The van der Waals surface area contributed by atoms with E-state index in [2.05, 4.69) is 21.6 Å². The fourth-order valence-electron chi connectivity index (χ4n) is 5.03. The van der Waals surface area contributed by atoms with E-state index in [0.717, 1.165) is 61.3 Å². The molecule has 0 unspecified atom stereocenters. The monoisotopic (exact) mass is 584 g/mol. The quantitative estimate of drug-likeness (QED) is 0.373. The second kappa shape index (κ2) is 12.3. The Hall–Kier alpha value is -2.85. The minimum Gasteiger partial charge on any atom is -0.492 e. The molecule has 0 amide bonds. The maximum absolute atomic E-state index is 13.2. The highest BCUT2D eigenvalue weighted by molar-refractivity contribution is 7.92. The molecule has 0 spiro atoms. The van der Waals surface area contributed by atoms with Crippen molar-refractivity contribution in [3.05, 3.63) is 75.9 Å². The Balaban J connectivity index is 1.34. The molecular formula is C30H37ClN4O4S. The molecule has 0 aliphatic carbocycles. The summed E-state index contributed by atoms with van der Waals surface area (Å²) in [5.41, 5.74) is 4.07. The van der Waals surface area contributed by atoms with E-state index in [-0.39, 0.29) is 17.4 Å². The van der Waals surface area contributed by atoms with Crippen molar-refractivity contribution >= 4 is 27.3 Å². The van der Waals surface area contributed by atoms with Crippen LogP contribution in [0, 0.1) is 12.8 Å². The lowest BCUT2D eigenvalue weighted by Gasteiger charge is -2.28. The molecule has 0 bridgehead atoms. The number of anilines is 1. The number of halogens is 1. The van der Waals surface area contributed by atoms with Gasteiger partial charge in [0, 0.05) is 19.5 Å². The summed E-state index contributed by atoms with van der Waals surface area (Å²) in [4.78, 5) is 9.47. The van der Waals surface area contributed by atoms with Crippen molar-refractivity contribution in [3.63, 3.8) is 0 Å². The molecule has 214 valence electrons. The van der Waals surface area contributed by atoms with E-state index >= 15 is 0 Å².